The summed E-state index contributed by atoms with van der Waals surface area (Å²) in [5, 5.41) is 2.23. The predicted octanol–water partition coefficient (Wildman–Crippen LogP) is 18.6. The molecule has 2 aromatic heterocycles. The number of hydrogen-bond donors (Lipinski definition) is 0. The van der Waals surface area contributed by atoms with Crippen LogP contribution in [0.1, 0.15) is 124 Å². The van der Waals surface area contributed by atoms with Crippen molar-refractivity contribution in [2.45, 2.75) is 95.3 Å². The van der Waals surface area contributed by atoms with Gasteiger partial charge >= 0.3 is 0 Å². The third-order valence-corrected chi connectivity index (χ3v) is 18.1. The van der Waals surface area contributed by atoms with Gasteiger partial charge < -0.3 is 19.1 Å². The maximum atomic E-state index is 6.85. The summed E-state index contributed by atoms with van der Waals surface area (Å²) in [6, 6.07) is 81.9. The first-order valence-corrected chi connectivity index (χ1v) is 28.3. The van der Waals surface area contributed by atoms with Crippen LogP contribution >= 0.6 is 0 Å². The zero-order chi connectivity index (χ0) is 54.7. The molecule has 0 N–H and O–H groups in total. The van der Waals surface area contributed by atoms with Crippen LogP contribution in [-0.2, 0) is 48.1 Å². The van der Waals surface area contributed by atoms with E-state index >= 15 is 0 Å². The molecule has 3 heterocycles. The number of rotatable bonds is 7. The molecule has 0 bridgehead atoms. The molecule has 4 aliphatic rings. The van der Waals surface area contributed by atoms with Crippen LogP contribution < -0.4 is 14.5 Å². The number of pyridine rings is 1. The first-order valence-electron chi connectivity index (χ1n) is 28.3. The Labute approximate surface area is 491 Å². The van der Waals surface area contributed by atoms with Crippen molar-refractivity contribution < 1.29 is 25.8 Å². The Morgan fingerprint density at radius 3 is 1.81 bits per heavy atom. The minimum Gasteiger partial charge on any atom is -0.509 e. The molecule has 3 unspecified atom stereocenters. The number of nitrogens with zero attached hydrogens (tertiary/aromatic N) is 4. The summed E-state index contributed by atoms with van der Waals surface area (Å²) in [6.45, 7) is 23.0. The van der Waals surface area contributed by atoms with Crippen molar-refractivity contribution in [3.05, 3.63) is 281 Å². The molecule has 9 aromatic carbocycles. The minimum atomic E-state index is -0.496. The third-order valence-electron chi connectivity index (χ3n) is 18.1. The van der Waals surface area contributed by atoms with Gasteiger partial charge in [-0.15, -0.1) is 48.1 Å². The number of anilines is 4. The molecule has 0 fully saturated rings. The number of aromatic nitrogens is 2. The second-order valence-electron chi connectivity index (χ2n) is 25.6. The summed E-state index contributed by atoms with van der Waals surface area (Å²) in [5.41, 5.74) is 21.2. The summed E-state index contributed by atoms with van der Waals surface area (Å²) >= 11 is 0. The molecule has 3 atom stereocenters. The van der Waals surface area contributed by atoms with Gasteiger partial charge in [0.05, 0.1) is 5.41 Å². The van der Waals surface area contributed by atoms with Crippen molar-refractivity contribution >= 4 is 44.6 Å². The molecule has 5 nitrogen and oxygen atoms in total. The van der Waals surface area contributed by atoms with Gasteiger partial charge in [0.1, 0.15) is 5.82 Å². The maximum absolute atomic E-state index is 6.85. The van der Waals surface area contributed by atoms with Crippen molar-refractivity contribution in [2.75, 3.05) is 9.80 Å². The van der Waals surface area contributed by atoms with Crippen LogP contribution in [0.5, 0.6) is 11.5 Å². The monoisotopic (exact) mass is 1230 g/mol. The van der Waals surface area contributed by atoms with Gasteiger partial charge in [0.25, 0.3) is 0 Å². The molecular weight excluding hydrogens is 1170 g/mol. The molecule has 0 amide bonds. The molecule has 402 valence electrons. The van der Waals surface area contributed by atoms with Crippen LogP contribution in [-0.4, -0.2) is 9.55 Å². The van der Waals surface area contributed by atoms with E-state index in [9.17, 15) is 0 Å². The van der Waals surface area contributed by atoms with Gasteiger partial charge in [0, 0.05) is 78.2 Å². The van der Waals surface area contributed by atoms with Crippen molar-refractivity contribution in [3.8, 4) is 28.4 Å². The van der Waals surface area contributed by atoms with Crippen LogP contribution in [0.4, 0.5) is 22.7 Å². The fourth-order valence-electron chi connectivity index (χ4n) is 14.4. The van der Waals surface area contributed by atoms with E-state index in [0.29, 0.717) is 11.5 Å². The number of ether oxygens (including phenoxy) is 1. The Bertz CT molecular complexity index is 4340. The van der Waals surface area contributed by atoms with Gasteiger partial charge in [-0.25, -0.2) is 4.98 Å². The molecule has 0 radical (unpaired) electrons. The SMILES string of the molecule is CC(C)(C)c1cc(-c2cccc(C34c5ccccc5C5c6ccccc6C53c3ccccc34)c2N2[CH-]N(c3[c-]c(Oc4[c-]c5c(cc4)c4ccccc4n5-c4cc(C(C)(C)C)ccn4)ccc3)c3ccccc32)cc(C(C)(C)C)c1.[Pt]. The van der Waals surface area contributed by atoms with Crippen molar-refractivity contribution in [1.29, 1.82) is 0 Å². The van der Waals surface area contributed by atoms with Gasteiger partial charge in [-0.2, -0.15) is 12.1 Å². The number of fused-ring (bicyclic) bond motifs is 11. The zero-order valence-corrected chi connectivity index (χ0v) is 49.6. The number of hydrogen-bond acceptors (Lipinski definition) is 4. The Morgan fingerprint density at radius 2 is 1.09 bits per heavy atom. The largest absolute Gasteiger partial charge is 0.509 e. The first-order chi connectivity index (χ1) is 38.6. The Morgan fingerprint density at radius 1 is 0.494 bits per heavy atom. The van der Waals surface area contributed by atoms with Gasteiger partial charge in [0.2, 0.25) is 0 Å². The second kappa shape index (κ2) is 18.0. The van der Waals surface area contributed by atoms with Crippen LogP contribution in [0.3, 0.4) is 0 Å². The van der Waals surface area contributed by atoms with Gasteiger partial charge in [-0.05, 0) is 113 Å². The second-order valence-corrected chi connectivity index (χ2v) is 25.6. The van der Waals surface area contributed by atoms with E-state index in [1.807, 2.05) is 18.3 Å². The average Bonchev–Trinajstić information content (AvgIpc) is 1.96. The first kappa shape index (κ1) is 51.2. The molecule has 1 aliphatic heterocycles. The van der Waals surface area contributed by atoms with Gasteiger partial charge in [0.15, 0.2) is 0 Å². The smallest absolute Gasteiger partial charge is 0.135 e. The predicted molar refractivity (Wildman–Crippen MR) is 328 cm³/mol. The topological polar surface area (TPSA) is 33.5 Å². The summed E-state index contributed by atoms with van der Waals surface area (Å²) in [5.74, 6) is 2.27. The van der Waals surface area contributed by atoms with E-state index in [-0.39, 0.29) is 48.6 Å². The molecule has 15 rings (SSSR count). The average molecular weight is 1230 g/mol. The van der Waals surface area contributed by atoms with Crippen LogP contribution in [0, 0.1) is 18.8 Å². The van der Waals surface area contributed by atoms with Crippen molar-refractivity contribution in [3.63, 3.8) is 0 Å². The van der Waals surface area contributed by atoms with E-state index in [4.69, 9.17) is 9.72 Å². The summed E-state index contributed by atoms with van der Waals surface area (Å²) in [4.78, 5) is 9.71. The standard InChI is InChI=1S/C75H63N4O.Pt/c1-71(2,3)48-38-39-76-68(43-48)79-64-33-17-12-24-55(64)56-37-36-53(45-67(56)79)80-52-23-20-22-51(44-52)77-46-78(66-35-19-18-34-65(66)77)70-54(47-40-49(72(4,5)6)42-50(41-47)73(7,8)9)27-21-32-63(70)74-59-28-13-10-25-57(59)69-58-26-11-14-29-60(58)75(69,74)62-31-16-15-30-61(62)74;/h10-43,46,69H,1-9H3;/q-3;. The number of benzene rings is 9. The molecule has 0 saturated carbocycles. The Balaban J connectivity index is 0.00000589. The number of para-hydroxylation sites is 4. The van der Waals surface area contributed by atoms with E-state index in [0.717, 1.165) is 44.7 Å². The summed E-state index contributed by atoms with van der Waals surface area (Å²) < 4.78 is 9.06. The molecule has 3 aliphatic carbocycles. The van der Waals surface area contributed by atoms with E-state index < -0.39 is 5.41 Å². The molecule has 81 heavy (non-hydrogen) atoms. The molecule has 6 heteroatoms. The van der Waals surface area contributed by atoms with Crippen molar-refractivity contribution in [2.24, 2.45) is 0 Å². The van der Waals surface area contributed by atoms with Crippen molar-refractivity contribution in [1.82, 2.24) is 9.55 Å². The molecule has 11 aromatic rings. The van der Waals surface area contributed by atoms with Crippen LogP contribution in [0.15, 0.2) is 206 Å². The van der Waals surface area contributed by atoms with Gasteiger partial charge in [-0.3, -0.25) is 0 Å². The maximum Gasteiger partial charge on any atom is 0.135 e. The van der Waals surface area contributed by atoms with Crippen LogP contribution in [0.25, 0.3) is 38.8 Å². The fraction of sp³-hybridized carbons (Fsp3) is 0.200. The Kier molecular flexibility index (Phi) is 11.4. The quantitative estimate of drug-likeness (QED) is 0.149. The van der Waals surface area contributed by atoms with E-state index in [1.165, 1.54) is 72.4 Å². The third kappa shape index (κ3) is 7.23. The van der Waals surface area contributed by atoms with Gasteiger partial charge in [-0.1, -0.05) is 207 Å². The minimum absolute atomic E-state index is 0. The Hall–Kier alpha value is -7.98. The molecule has 1 spiro atoms. The summed E-state index contributed by atoms with van der Waals surface area (Å²) in [7, 11) is 0. The molecule has 0 saturated heterocycles. The zero-order valence-electron chi connectivity index (χ0n) is 47.3. The van der Waals surface area contributed by atoms with E-state index in [2.05, 4.69) is 284 Å². The normalized spacial score (nSPS) is 18.5. The van der Waals surface area contributed by atoms with E-state index in [1.54, 1.807) is 0 Å². The van der Waals surface area contributed by atoms with Crippen LogP contribution in [0.2, 0.25) is 0 Å². The fourth-order valence-corrected chi connectivity index (χ4v) is 14.4. The molecular formula is C75H63N4OPt-3. The summed E-state index contributed by atoms with van der Waals surface area (Å²) in [6.07, 6.45) is 1.91.